The number of aryl methyl sites for hydroxylation is 1. The number of hydrogen-bond donors (Lipinski definition) is 2. The van der Waals surface area contributed by atoms with Crippen LogP contribution in [0, 0.1) is 6.92 Å². The second kappa shape index (κ2) is 8.14. The molecule has 0 radical (unpaired) electrons. The Morgan fingerprint density at radius 2 is 1.96 bits per heavy atom. The molecule has 0 saturated carbocycles. The Kier molecular flexibility index (Phi) is 5.68. The van der Waals surface area contributed by atoms with Crippen LogP contribution in [0.4, 0.5) is 11.5 Å². The first-order valence-electron chi connectivity index (χ1n) is 8.91. The van der Waals surface area contributed by atoms with Crippen LogP contribution in [0.5, 0.6) is 5.75 Å². The molecule has 0 unspecified atom stereocenters. The Labute approximate surface area is 153 Å². The fraction of sp³-hybridized carbons (Fsp3) is 0.421. The monoisotopic (exact) mass is 355 g/mol. The summed E-state index contributed by atoms with van der Waals surface area (Å²) in [5, 5.41) is 14.4. The van der Waals surface area contributed by atoms with Gasteiger partial charge in [-0.25, -0.2) is 0 Å². The largest absolute Gasteiger partial charge is 0.491 e. The standard InChI is InChI=1S/C19H25N5O2/c1-13(2)26-17-6-4-15(12-14(17)3)21-19(25)16-5-7-18(23-22-16)24-10-8-20-9-11-24/h4-7,12-13,20H,8-11H2,1-3H3,(H,21,25). The first-order valence-corrected chi connectivity index (χ1v) is 8.91. The molecule has 1 aromatic heterocycles. The van der Waals surface area contributed by atoms with E-state index in [9.17, 15) is 4.79 Å². The lowest BCUT2D eigenvalue weighted by Crippen LogP contribution is -2.44. The van der Waals surface area contributed by atoms with Crippen molar-refractivity contribution in [1.82, 2.24) is 15.5 Å². The van der Waals surface area contributed by atoms with Crippen molar-refractivity contribution in [2.75, 3.05) is 36.4 Å². The first-order chi connectivity index (χ1) is 12.5. The number of rotatable bonds is 5. The van der Waals surface area contributed by atoms with Gasteiger partial charge >= 0.3 is 0 Å². The number of carbonyl (C=O) groups excluding carboxylic acids is 1. The van der Waals surface area contributed by atoms with Gasteiger partial charge in [-0.15, -0.1) is 10.2 Å². The fourth-order valence-corrected chi connectivity index (χ4v) is 2.82. The third-order valence-electron chi connectivity index (χ3n) is 4.12. The van der Waals surface area contributed by atoms with Gasteiger partial charge in [0.15, 0.2) is 11.5 Å². The van der Waals surface area contributed by atoms with E-state index in [1.54, 1.807) is 6.07 Å². The number of nitrogens with one attached hydrogen (secondary N) is 2. The molecular formula is C19H25N5O2. The lowest BCUT2D eigenvalue weighted by molar-refractivity contribution is 0.102. The van der Waals surface area contributed by atoms with Crippen molar-refractivity contribution in [3.8, 4) is 5.75 Å². The molecule has 3 rings (SSSR count). The van der Waals surface area contributed by atoms with Crippen LogP contribution in [0.3, 0.4) is 0 Å². The molecule has 1 fully saturated rings. The number of aromatic nitrogens is 2. The van der Waals surface area contributed by atoms with E-state index in [4.69, 9.17) is 4.74 Å². The molecule has 2 aromatic rings. The molecule has 0 spiro atoms. The topological polar surface area (TPSA) is 79.4 Å². The number of nitrogens with zero attached hydrogens (tertiary/aromatic N) is 3. The summed E-state index contributed by atoms with van der Waals surface area (Å²) in [5.74, 6) is 1.34. The van der Waals surface area contributed by atoms with Crippen molar-refractivity contribution in [3.05, 3.63) is 41.6 Å². The number of anilines is 2. The third-order valence-corrected chi connectivity index (χ3v) is 4.12. The van der Waals surface area contributed by atoms with Gasteiger partial charge in [0.2, 0.25) is 0 Å². The van der Waals surface area contributed by atoms with Crippen molar-refractivity contribution in [2.24, 2.45) is 0 Å². The molecular weight excluding hydrogens is 330 g/mol. The number of amides is 1. The van der Waals surface area contributed by atoms with Crippen LogP contribution in [-0.4, -0.2) is 48.4 Å². The summed E-state index contributed by atoms with van der Waals surface area (Å²) in [6, 6.07) is 9.13. The zero-order chi connectivity index (χ0) is 18.5. The highest BCUT2D eigenvalue weighted by molar-refractivity contribution is 6.02. The predicted octanol–water partition coefficient (Wildman–Crippen LogP) is 2.23. The van der Waals surface area contributed by atoms with Crippen LogP contribution in [0.25, 0.3) is 0 Å². The predicted molar refractivity (Wildman–Crippen MR) is 102 cm³/mol. The summed E-state index contributed by atoms with van der Waals surface area (Å²) in [6.45, 7) is 9.57. The van der Waals surface area contributed by atoms with Crippen molar-refractivity contribution < 1.29 is 9.53 Å². The average Bonchev–Trinajstić information content (AvgIpc) is 2.64. The molecule has 0 bridgehead atoms. The molecule has 1 aliphatic heterocycles. The minimum atomic E-state index is -0.277. The molecule has 26 heavy (non-hydrogen) atoms. The SMILES string of the molecule is Cc1cc(NC(=O)c2ccc(N3CCNCC3)nn2)ccc1OC(C)C. The zero-order valence-electron chi connectivity index (χ0n) is 15.5. The van der Waals surface area contributed by atoms with Crippen LogP contribution in [-0.2, 0) is 0 Å². The molecule has 2 heterocycles. The molecule has 0 aliphatic carbocycles. The maximum absolute atomic E-state index is 12.4. The normalized spacial score (nSPS) is 14.4. The average molecular weight is 355 g/mol. The zero-order valence-corrected chi connectivity index (χ0v) is 15.5. The second-order valence-electron chi connectivity index (χ2n) is 6.61. The van der Waals surface area contributed by atoms with Gasteiger partial charge in [0.05, 0.1) is 6.10 Å². The first kappa shape index (κ1) is 18.1. The smallest absolute Gasteiger partial charge is 0.276 e. The molecule has 2 N–H and O–H groups in total. The number of ether oxygens (including phenoxy) is 1. The fourth-order valence-electron chi connectivity index (χ4n) is 2.82. The quantitative estimate of drug-likeness (QED) is 0.856. The Hall–Kier alpha value is -2.67. The lowest BCUT2D eigenvalue weighted by atomic mass is 10.2. The van der Waals surface area contributed by atoms with Gasteiger partial charge in [-0.1, -0.05) is 0 Å². The Morgan fingerprint density at radius 1 is 1.19 bits per heavy atom. The molecule has 7 nitrogen and oxygen atoms in total. The number of carbonyl (C=O) groups is 1. The van der Waals surface area contributed by atoms with Crippen molar-refractivity contribution in [3.63, 3.8) is 0 Å². The number of hydrogen-bond acceptors (Lipinski definition) is 6. The van der Waals surface area contributed by atoms with Gasteiger partial charge < -0.3 is 20.3 Å². The van der Waals surface area contributed by atoms with Crippen molar-refractivity contribution in [1.29, 1.82) is 0 Å². The second-order valence-corrected chi connectivity index (χ2v) is 6.61. The molecule has 1 saturated heterocycles. The lowest BCUT2D eigenvalue weighted by Gasteiger charge is -2.27. The van der Waals surface area contributed by atoms with Crippen molar-refractivity contribution >= 4 is 17.4 Å². The van der Waals surface area contributed by atoms with E-state index in [-0.39, 0.29) is 12.0 Å². The summed E-state index contributed by atoms with van der Waals surface area (Å²) in [7, 11) is 0. The van der Waals surface area contributed by atoms with Gasteiger partial charge in [0.25, 0.3) is 5.91 Å². The highest BCUT2D eigenvalue weighted by atomic mass is 16.5. The minimum absolute atomic E-state index is 0.110. The van der Waals surface area contributed by atoms with Gasteiger partial charge in [-0.3, -0.25) is 4.79 Å². The number of benzene rings is 1. The van der Waals surface area contributed by atoms with Gasteiger partial charge in [-0.05, 0) is 56.7 Å². The van der Waals surface area contributed by atoms with Gasteiger partial charge in [0.1, 0.15) is 5.75 Å². The van der Waals surface area contributed by atoms with Crippen LogP contribution in [0.15, 0.2) is 30.3 Å². The van der Waals surface area contributed by atoms with Crippen LogP contribution in [0.2, 0.25) is 0 Å². The highest BCUT2D eigenvalue weighted by Gasteiger charge is 2.14. The third kappa shape index (κ3) is 4.49. The van der Waals surface area contributed by atoms with Crippen LogP contribution >= 0.6 is 0 Å². The maximum atomic E-state index is 12.4. The minimum Gasteiger partial charge on any atom is -0.491 e. The van der Waals surface area contributed by atoms with Crippen LogP contribution in [0.1, 0.15) is 29.9 Å². The summed E-state index contributed by atoms with van der Waals surface area (Å²) in [5.41, 5.74) is 1.97. The van der Waals surface area contributed by atoms with Gasteiger partial charge in [0, 0.05) is 31.9 Å². The van der Waals surface area contributed by atoms with E-state index in [1.165, 1.54) is 0 Å². The summed E-state index contributed by atoms with van der Waals surface area (Å²) < 4.78 is 5.72. The molecule has 1 aromatic carbocycles. The Balaban J connectivity index is 1.65. The highest BCUT2D eigenvalue weighted by Crippen LogP contribution is 2.23. The summed E-state index contributed by atoms with van der Waals surface area (Å²) in [4.78, 5) is 14.6. The Morgan fingerprint density at radius 3 is 2.58 bits per heavy atom. The molecule has 0 atom stereocenters. The van der Waals surface area contributed by atoms with E-state index in [0.29, 0.717) is 11.4 Å². The summed E-state index contributed by atoms with van der Waals surface area (Å²) in [6.07, 6.45) is 0.110. The number of piperazine rings is 1. The molecule has 1 amide bonds. The van der Waals surface area contributed by atoms with Gasteiger partial charge in [-0.2, -0.15) is 0 Å². The maximum Gasteiger partial charge on any atom is 0.276 e. The molecule has 138 valence electrons. The van der Waals surface area contributed by atoms with E-state index >= 15 is 0 Å². The van der Waals surface area contributed by atoms with E-state index in [1.807, 2.05) is 45.0 Å². The molecule has 1 aliphatic rings. The van der Waals surface area contributed by atoms with E-state index in [0.717, 1.165) is 43.3 Å². The van der Waals surface area contributed by atoms with E-state index < -0.39 is 0 Å². The van der Waals surface area contributed by atoms with Crippen molar-refractivity contribution in [2.45, 2.75) is 26.9 Å². The molecule has 7 heteroatoms. The Bertz CT molecular complexity index is 755. The van der Waals surface area contributed by atoms with Crippen LogP contribution < -0.4 is 20.3 Å². The van der Waals surface area contributed by atoms with E-state index in [2.05, 4.69) is 25.7 Å². The summed E-state index contributed by atoms with van der Waals surface area (Å²) >= 11 is 0.